The molecule has 2 atom stereocenters. The van der Waals surface area contributed by atoms with Gasteiger partial charge in [-0.1, -0.05) is 176 Å². The topological polar surface area (TPSA) is 42.0 Å². The van der Waals surface area contributed by atoms with Crippen LogP contribution in [-0.4, -0.2) is 6.10 Å². The SMILES string of the molecule is C1=CC2Oc3cc(N(c4ccccc4)c4ccc5c(c4)sc4ccc6c7cc8ccccc8cc7oc6c45)ccc3C2C=C1c1ccc2cc3c(cc2c1)oc1c3ccc2sc3cc(N(c4ccc(-c5ccccc5)cc4)c4ccc(-c5ccc6ccccc6c5)cc4)ccc3c21. The van der Waals surface area contributed by atoms with Crippen LogP contribution in [0.15, 0.2) is 324 Å². The third-order valence-electron chi connectivity index (χ3n) is 20.3. The number of anilines is 6. The van der Waals surface area contributed by atoms with Gasteiger partial charge >= 0.3 is 0 Å². The molecule has 5 nitrogen and oxygen atoms in total. The molecule has 1 aliphatic heterocycles. The van der Waals surface area contributed by atoms with Crippen LogP contribution in [0.1, 0.15) is 17.0 Å². The minimum absolute atomic E-state index is 0.0628. The molecule has 0 spiro atoms. The molecule has 7 heteroatoms. The quantitative estimate of drug-likeness (QED) is 0.144. The Kier molecular flexibility index (Phi) is 11.9. The number of rotatable bonds is 9. The largest absolute Gasteiger partial charge is 0.485 e. The van der Waals surface area contributed by atoms with E-state index in [1.165, 1.54) is 95.3 Å². The first-order chi connectivity index (χ1) is 48.0. The van der Waals surface area contributed by atoms with Gasteiger partial charge in [-0.2, -0.15) is 0 Å². The van der Waals surface area contributed by atoms with Crippen molar-refractivity contribution in [2.45, 2.75) is 12.0 Å². The molecule has 15 aromatic carbocycles. The highest BCUT2D eigenvalue weighted by Gasteiger charge is 2.35. The van der Waals surface area contributed by atoms with Gasteiger partial charge in [-0.05, 0) is 199 Å². The summed E-state index contributed by atoms with van der Waals surface area (Å²) in [5.74, 6) is 0.969. The molecule has 2 unspecified atom stereocenters. The second-order valence-corrected chi connectivity index (χ2v) is 28.0. The van der Waals surface area contributed by atoms with E-state index in [1.54, 1.807) is 0 Å². The standard InChI is InChI=1S/C90H54N2O3S2/c1-3-11-53(12-4-1)55-23-28-66(29-24-55)91(67-30-25-56(26-31-67)60-20-19-54-13-7-8-14-57(54)43-60)69-33-36-74-85(51-69)96-84-42-39-73-78-47-63-22-21-61(44-64(63)49-81(78)95-90(73)88(74)84)62-27-40-79-76(46-62)71-35-32-68(50-82(71)93-79)92(65-17-5-2-6-18-65)70-34-37-75-86(52-70)97-83-41-38-72-77-45-58-15-9-10-16-59(58)48-80(77)94-89(72)87(75)83/h1-52,76,79H. The van der Waals surface area contributed by atoms with E-state index in [0.717, 1.165) is 100 Å². The van der Waals surface area contributed by atoms with Crippen LogP contribution < -0.4 is 14.5 Å². The van der Waals surface area contributed by atoms with Gasteiger partial charge in [0.25, 0.3) is 0 Å². The third kappa shape index (κ3) is 8.75. The van der Waals surface area contributed by atoms with Gasteiger partial charge in [-0.3, -0.25) is 0 Å². The van der Waals surface area contributed by atoms with Gasteiger partial charge in [0.15, 0.2) is 0 Å². The maximum Gasteiger partial charge on any atom is 0.144 e. The Morgan fingerprint density at radius 2 is 0.753 bits per heavy atom. The van der Waals surface area contributed by atoms with Crippen LogP contribution in [0.4, 0.5) is 34.1 Å². The highest BCUT2D eigenvalue weighted by Crippen LogP contribution is 2.51. The van der Waals surface area contributed by atoms with Gasteiger partial charge in [0.1, 0.15) is 34.2 Å². The number of hydrogen-bond donors (Lipinski definition) is 0. The Labute approximate surface area is 565 Å². The molecule has 0 radical (unpaired) electrons. The van der Waals surface area contributed by atoms with Crippen molar-refractivity contribution < 1.29 is 13.6 Å². The van der Waals surface area contributed by atoms with Crippen molar-refractivity contribution in [2.24, 2.45) is 0 Å². The van der Waals surface area contributed by atoms with Crippen molar-refractivity contribution in [1.29, 1.82) is 0 Å². The maximum atomic E-state index is 7.05. The average Bonchev–Trinajstić information content (AvgIpc) is 1.59. The number of para-hydroxylation sites is 1. The molecule has 0 N–H and O–H groups in total. The third-order valence-corrected chi connectivity index (χ3v) is 22.5. The van der Waals surface area contributed by atoms with E-state index in [-0.39, 0.29) is 12.0 Å². The number of nitrogens with zero attached hydrogens (tertiary/aromatic N) is 2. The summed E-state index contributed by atoms with van der Waals surface area (Å²) < 4.78 is 25.5. The lowest BCUT2D eigenvalue weighted by Crippen LogP contribution is -2.16. The molecule has 2 aliphatic rings. The van der Waals surface area contributed by atoms with Crippen LogP contribution in [-0.2, 0) is 0 Å². The van der Waals surface area contributed by atoms with Gasteiger partial charge in [-0.15, -0.1) is 22.7 Å². The highest BCUT2D eigenvalue weighted by molar-refractivity contribution is 7.26. The van der Waals surface area contributed by atoms with Crippen molar-refractivity contribution in [3.8, 4) is 28.0 Å². The first-order valence-electron chi connectivity index (χ1n) is 33.1. The Morgan fingerprint density at radius 3 is 1.40 bits per heavy atom. The van der Waals surface area contributed by atoms with Crippen molar-refractivity contribution >= 4 is 179 Å². The summed E-state index contributed by atoms with van der Waals surface area (Å²) in [7, 11) is 0. The number of furan rings is 2. The maximum absolute atomic E-state index is 7.05. The molecule has 0 fully saturated rings. The lowest BCUT2D eigenvalue weighted by Gasteiger charge is -2.26. The van der Waals surface area contributed by atoms with Crippen LogP contribution in [0.5, 0.6) is 5.75 Å². The summed E-state index contributed by atoms with van der Waals surface area (Å²) >= 11 is 3.63. The molecule has 454 valence electrons. The van der Waals surface area contributed by atoms with Gasteiger partial charge in [-0.25, -0.2) is 0 Å². The van der Waals surface area contributed by atoms with Crippen LogP contribution >= 0.6 is 22.7 Å². The zero-order valence-electron chi connectivity index (χ0n) is 52.1. The van der Waals surface area contributed by atoms with Crippen LogP contribution in [0.25, 0.3) is 144 Å². The van der Waals surface area contributed by atoms with E-state index in [9.17, 15) is 0 Å². The fraction of sp³-hybridized carbons (Fsp3) is 0.0222. The Morgan fingerprint density at radius 1 is 0.299 bits per heavy atom. The normalized spacial score (nSPS) is 14.5. The summed E-state index contributed by atoms with van der Waals surface area (Å²) in [6, 6.07) is 108. The predicted octanol–water partition coefficient (Wildman–Crippen LogP) is 26.5. The molecular formula is C90H54N2O3S2. The lowest BCUT2D eigenvalue weighted by molar-refractivity contribution is 0.269. The summed E-state index contributed by atoms with van der Waals surface area (Å²) in [6.07, 6.45) is 6.77. The summed E-state index contributed by atoms with van der Waals surface area (Å²) in [5.41, 5.74) is 18.4. The number of hydrogen-bond acceptors (Lipinski definition) is 7. The van der Waals surface area contributed by atoms with Crippen molar-refractivity contribution in [3.05, 3.63) is 327 Å². The molecule has 0 saturated carbocycles. The van der Waals surface area contributed by atoms with E-state index in [2.05, 4.69) is 325 Å². The van der Waals surface area contributed by atoms with E-state index >= 15 is 0 Å². The monoisotopic (exact) mass is 1270 g/mol. The number of ether oxygens (including phenoxy) is 1. The number of fused-ring (bicyclic) bond motifs is 20. The zero-order valence-corrected chi connectivity index (χ0v) is 53.7. The molecule has 97 heavy (non-hydrogen) atoms. The Bertz CT molecular complexity index is 6550. The van der Waals surface area contributed by atoms with Crippen molar-refractivity contribution in [3.63, 3.8) is 0 Å². The first kappa shape index (κ1) is 54.4. The molecular weight excluding hydrogens is 1220 g/mol. The van der Waals surface area contributed by atoms with Crippen LogP contribution in [0, 0.1) is 0 Å². The van der Waals surface area contributed by atoms with Gasteiger partial charge in [0, 0.05) is 114 Å². The minimum Gasteiger partial charge on any atom is -0.485 e. The molecule has 0 saturated heterocycles. The van der Waals surface area contributed by atoms with Gasteiger partial charge < -0.3 is 23.4 Å². The van der Waals surface area contributed by atoms with E-state index in [0.29, 0.717) is 0 Å². The Hall–Kier alpha value is -12.0. The molecule has 4 aromatic heterocycles. The summed E-state index contributed by atoms with van der Waals surface area (Å²) in [5, 5.41) is 16.4. The zero-order chi connectivity index (χ0) is 63.4. The second-order valence-electron chi connectivity index (χ2n) is 25.8. The summed E-state index contributed by atoms with van der Waals surface area (Å²) in [4.78, 5) is 4.72. The number of thiophene rings is 2. The Balaban J connectivity index is 0.592. The molecule has 0 bridgehead atoms. The highest BCUT2D eigenvalue weighted by atomic mass is 32.1. The second kappa shape index (κ2) is 21.3. The molecule has 0 amide bonds. The van der Waals surface area contributed by atoms with Crippen LogP contribution in [0.3, 0.4) is 0 Å². The number of allylic oxidation sites excluding steroid dienone is 2. The lowest BCUT2D eigenvalue weighted by atomic mass is 9.86. The minimum atomic E-state index is -0.106. The number of benzene rings is 15. The van der Waals surface area contributed by atoms with Gasteiger partial charge in [0.2, 0.25) is 0 Å². The van der Waals surface area contributed by atoms with Crippen molar-refractivity contribution in [2.75, 3.05) is 9.80 Å². The predicted molar refractivity (Wildman–Crippen MR) is 410 cm³/mol. The molecule has 21 rings (SSSR count). The fourth-order valence-electron chi connectivity index (χ4n) is 15.5. The average molecular weight is 1280 g/mol. The molecule has 19 aromatic rings. The van der Waals surface area contributed by atoms with Gasteiger partial charge in [0.05, 0.1) is 0 Å². The molecule has 5 heterocycles. The summed E-state index contributed by atoms with van der Waals surface area (Å²) in [6.45, 7) is 0. The van der Waals surface area contributed by atoms with E-state index in [1.807, 2.05) is 22.7 Å². The first-order valence-corrected chi connectivity index (χ1v) is 34.7. The smallest absolute Gasteiger partial charge is 0.144 e. The van der Waals surface area contributed by atoms with E-state index < -0.39 is 0 Å². The molecule has 1 aliphatic carbocycles. The van der Waals surface area contributed by atoms with E-state index in [4.69, 9.17) is 13.6 Å². The fourth-order valence-corrected chi connectivity index (χ4v) is 17.8. The van der Waals surface area contributed by atoms with Crippen LogP contribution in [0.2, 0.25) is 0 Å². The van der Waals surface area contributed by atoms with Crippen molar-refractivity contribution in [1.82, 2.24) is 0 Å².